The molecule has 31 heavy (non-hydrogen) atoms. The van der Waals surface area contributed by atoms with Gasteiger partial charge in [0.2, 0.25) is 0 Å². The molecule has 0 aromatic rings. The van der Waals surface area contributed by atoms with Crippen molar-refractivity contribution in [1.29, 1.82) is 0 Å². The van der Waals surface area contributed by atoms with Crippen LogP contribution in [0.2, 0.25) is 0 Å². The summed E-state index contributed by atoms with van der Waals surface area (Å²) in [6, 6.07) is 0. The molecule has 1 aliphatic rings. The van der Waals surface area contributed by atoms with Gasteiger partial charge in [-0.15, -0.1) is 0 Å². The molecule has 6 heteroatoms. The molecular weight excluding hydrogens is 396 g/mol. The summed E-state index contributed by atoms with van der Waals surface area (Å²) < 4.78 is 16.5. The lowest BCUT2D eigenvalue weighted by atomic mass is 9.69. The summed E-state index contributed by atoms with van der Waals surface area (Å²) in [4.78, 5) is 25.4. The fourth-order valence-electron chi connectivity index (χ4n) is 4.44. The molecule has 0 aromatic carbocycles. The summed E-state index contributed by atoms with van der Waals surface area (Å²) in [5.41, 5.74) is -0.569. The minimum Gasteiger partial charge on any atom is -0.462 e. The summed E-state index contributed by atoms with van der Waals surface area (Å²) in [6.07, 6.45) is 5.11. The van der Waals surface area contributed by atoms with Gasteiger partial charge in [0.25, 0.3) is 0 Å². The number of aliphatic hydroxyl groups excluding tert-OH is 1. The van der Waals surface area contributed by atoms with Crippen molar-refractivity contribution in [3.8, 4) is 0 Å². The number of carbonyl (C=O) groups is 2. The van der Waals surface area contributed by atoms with E-state index in [0.717, 1.165) is 38.5 Å². The minimum absolute atomic E-state index is 0.00722. The van der Waals surface area contributed by atoms with Crippen molar-refractivity contribution in [1.82, 2.24) is 0 Å². The molecule has 0 aliphatic heterocycles. The Morgan fingerprint density at radius 1 is 1.03 bits per heavy atom. The predicted octanol–water partition coefficient (Wildman–Crippen LogP) is 5.11. The third-order valence-corrected chi connectivity index (χ3v) is 6.45. The van der Waals surface area contributed by atoms with E-state index in [1.807, 2.05) is 27.7 Å². The first-order valence-electron chi connectivity index (χ1n) is 12.0. The van der Waals surface area contributed by atoms with Gasteiger partial charge >= 0.3 is 11.9 Å². The Hall–Kier alpha value is -1.14. The molecule has 4 unspecified atom stereocenters. The summed E-state index contributed by atoms with van der Waals surface area (Å²) in [5, 5.41) is 9.82. The Kier molecular flexibility index (Phi) is 11.5. The molecule has 4 atom stereocenters. The first kappa shape index (κ1) is 27.9. The molecule has 1 aliphatic carbocycles. The molecule has 1 fully saturated rings. The lowest BCUT2D eigenvalue weighted by molar-refractivity contribution is -0.167. The second kappa shape index (κ2) is 12.8. The Labute approximate surface area is 189 Å². The van der Waals surface area contributed by atoms with Crippen molar-refractivity contribution in [2.24, 2.45) is 28.6 Å². The maximum absolute atomic E-state index is 12.8. The maximum atomic E-state index is 12.8. The number of aliphatic hydroxyl groups is 1. The highest BCUT2D eigenvalue weighted by molar-refractivity contribution is 5.77. The van der Waals surface area contributed by atoms with Gasteiger partial charge in [-0.25, -0.2) is 0 Å². The van der Waals surface area contributed by atoms with Crippen molar-refractivity contribution in [2.45, 2.75) is 99.7 Å². The number of esters is 2. The maximum Gasteiger partial charge on any atom is 0.312 e. The number of rotatable bonds is 12. The van der Waals surface area contributed by atoms with E-state index in [9.17, 15) is 14.7 Å². The van der Waals surface area contributed by atoms with Crippen LogP contribution in [-0.4, -0.2) is 43.2 Å². The van der Waals surface area contributed by atoms with E-state index in [-0.39, 0.29) is 48.3 Å². The van der Waals surface area contributed by atoms with Crippen LogP contribution in [0.3, 0.4) is 0 Å². The molecule has 1 saturated carbocycles. The molecule has 0 aromatic heterocycles. The number of hydrogen-bond donors (Lipinski definition) is 1. The van der Waals surface area contributed by atoms with E-state index in [2.05, 4.69) is 20.8 Å². The summed E-state index contributed by atoms with van der Waals surface area (Å²) in [5.74, 6) is -0.503. The van der Waals surface area contributed by atoms with Gasteiger partial charge in [-0.2, -0.15) is 0 Å². The largest absolute Gasteiger partial charge is 0.462 e. The van der Waals surface area contributed by atoms with E-state index in [0.29, 0.717) is 13.0 Å². The molecule has 6 nitrogen and oxygen atoms in total. The van der Waals surface area contributed by atoms with Crippen molar-refractivity contribution in [3.05, 3.63) is 0 Å². The SMILES string of the molecule is CCCC(O)OCC1CCCCC1C(=O)OCCOC(=O)C(C)(CC(C)(C)C)C(C)C. The fraction of sp³-hybridized carbons (Fsp3) is 0.920. The average Bonchev–Trinajstić information content (AvgIpc) is 2.68. The standard InChI is InChI=1S/C25H46O6/c1-8-11-21(26)31-16-19-12-9-10-13-20(19)22(27)29-14-15-30-23(28)25(7,18(2)3)17-24(4,5)6/h18-21,26H,8-17H2,1-7H3. The molecule has 0 amide bonds. The first-order valence-corrected chi connectivity index (χ1v) is 12.0. The van der Waals surface area contributed by atoms with Gasteiger partial charge in [-0.05, 0) is 49.9 Å². The van der Waals surface area contributed by atoms with E-state index in [4.69, 9.17) is 14.2 Å². The van der Waals surface area contributed by atoms with Crippen LogP contribution in [0.15, 0.2) is 0 Å². The van der Waals surface area contributed by atoms with Gasteiger partial charge in [0.1, 0.15) is 13.2 Å². The third-order valence-electron chi connectivity index (χ3n) is 6.45. The van der Waals surface area contributed by atoms with Crippen molar-refractivity contribution in [2.75, 3.05) is 19.8 Å². The van der Waals surface area contributed by atoms with Crippen LogP contribution < -0.4 is 0 Å². The van der Waals surface area contributed by atoms with Gasteiger partial charge in [0.05, 0.1) is 17.9 Å². The lowest BCUT2D eigenvalue weighted by Gasteiger charge is -2.36. The Morgan fingerprint density at radius 3 is 2.23 bits per heavy atom. The number of carbonyl (C=O) groups excluding carboxylic acids is 2. The number of hydrogen-bond acceptors (Lipinski definition) is 6. The van der Waals surface area contributed by atoms with Crippen LogP contribution in [0.25, 0.3) is 0 Å². The lowest BCUT2D eigenvalue weighted by Crippen LogP contribution is -2.39. The zero-order valence-corrected chi connectivity index (χ0v) is 20.9. The van der Waals surface area contributed by atoms with Crippen LogP contribution in [0.4, 0.5) is 0 Å². The van der Waals surface area contributed by atoms with Crippen molar-refractivity contribution >= 4 is 11.9 Å². The van der Waals surface area contributed by atoms with E-state index in [1.165, 1.54) is 0 Å². The average molecular weight is 443 g/mol. The van der Waals surface area contributed by atoms with Gasteiger partial charge in [0, 0.05) is 0 Å². The smallest absolute Gasteiger partial charge is 0.312 e. The molecule has 1 N–H and O–H groups in total. The Bertz CT molecular complexity index is 553. The van der Waals surface area contributed by atoms with Crippen LogP contribution in [-0.2, 0) is 23.8 Å². The van der Waals surface area contributed by atoms with Crippen molar-refractivity contribution in [3.63, 3.8) is 0 Å². The zero-order chi connectivity index (χ0) is 23.7. The van der Waals surface area contributed by atoms with Gasteiger partial charge in [-0.1, -0.05) is 60.8 Å². The molecule has 0 heterocycles. The van der Waals surface area contributed by atoms with Crippen molar-refractivity contribution < 1.29 is 28.9 Å². The van der Waals surface area contributed by atoms with Crippen LogP contribution in [0, 0.1) is 28.6 Å². The molecule has 0 bridgehead atoms. The molecule has 0 saturated heterocycles. The molecular formula is C25H46O6. The summed E-state index contributed by atoms with van der Waals surface area (Å²) >= 11 is 0. The first-order chi connectivity index (χ1) is 14.4. The van der Waals surface area contributed by atoms with E-state index in [1.54, 1.807) is 0 Å². The van der Waals surface area contributed by atoms with Gasteiger partial charge < -0.3 is 19.3 Å². The normalized spacial score (nSPS) is 22.6. The van der Waals surface area contributed by atoms with E-state index < -0.39 is 11.7 Å². The number of ether oxygens (including phenoxy) is 3. The van der Waals surface area contributed by atoms with E-state index >= 15 is 0 Å². The summed E-state index contributed by atoms with van der Waals surface area (Å²) in [6.45, 7) is 14.9. The highest BCUT2D eigenvalue weighted by Gasteiger charge is 2.41. The summed E-state index contributed by atoms with van der Waals surface area (Å²) in [7, 11) is 0. The van der Waals surface area contributed by atoms with Crippen LogP contribution >= 0.6 is 0 Å². The quantitative estimate of drug-likeness (QED) is 0.257. The highest BCUT2D eigenvalue weighted by Crippen LogP contribution is 2.40. The topological polar surface area (TPSA) is 82.1 Å². The fourth-order valence-corrected chi connectivity index (χ4v) is 4.44. The third kappa shape index (κ3) is 9.48. The molecule has 1 rings (SSSR count). The second-order valence-corrected chi connectivity index (χ2v) is 10.8. The Balaban J connectivity index is 2.50. The molecule has 0 spiro atoms. The zero-order valence-electron chi connectivity index (χ0n) is 20.9. The molecule has 182 valence electrons. The van der Waals surface area contributed by atoms with Gasteiger partial charge in [-0.3, -0.25) is 9.59 Å². The van der Waals surface area contributed by atoms with Gasteiger partial charge in [0.15, 0.2) is 6.29 Å². The Morgan fingerprint density at radius 2 is 1.65 bits per heavy atom. The predicted molar refractivity (Wildman–Crippen MR) is 121 cm³/mol. The van der Waals surface area contributed by atoms with Crippen LogP contribution in [0.1, 0.15) is 93.4 Å². The molecule has 0 radical (unpaired) electrons. The highest BCUT2D eigenvalue weighted by atomic mass is 16.6. The monoisotopic (exact) mass is 442 g/mol. The second-order valence-electron chi connectivity index (χ2n) is 10.8. The van der Waals surface area contributed by atoms with Crippen LogP contribution in [0.5, 0.6) is 0 Å². The minimum atomic E-state index is -0.772.